The van der Waals surface area contributed by atoms with Gasteiger partial charge in [0.1, 0.15) is 0 Å². The monoisotopic (exact) mass is 345 g/mol. The maximum absolute atomic E-state index is 13.3. The molecule has 2 aromatic carbocycles. The quantitative estimate of drug-likeness (QED) is 0.764. The third kappa shape index (κ3) is 2.06. The zero-order chi connectivity index (χ0) is 18.0. The summed E-state index contributed by atoms with van der Waals surface area (Å²) in [6.07, 6.45) is 2.06. The van der Waals surface area contributed by atoms with Gasteiger partial charge in [-0.15, -0.1) is 0 Å². The Balaban J connectivity index is 1.52. The minimum atomic E-state index is -0.133. The number of anilines is 1. The highest BCUT2D eigenvalue weighted by Gasteiger charge is 2.64. The lowest BCUT2D eigenvalue weighted by Crippen LogP contribution is -2.33. The molecule has 2 aromatic rings. The minimum absolute atomic E-state index is 0.0295. The van der Waals surface area contributed by atoms with Crippen molar-refractivity contribution in [3.63, 3.8) is 0 Å². The Morgan fingerprint density at radius 3 is 2.38 bits per heavy atom. The molecular weight excluding hydrogens is 322 g/mol. The Bertz CT molecular complexity index is 904. The second-order valence-corrected chi connectivity index (χ2v) is 8.27. The Kier molecular flexibility index (Phi) is 3.37. The average Bonchev–Trinajstić information content (AvgIpc) is 3.30. The van der Waals surface area contributed by atoms with Crippen molar-refractivity contribution in [1.82, 2.24) is 0 Å². The molecule has 26 heavy (non-hydrogen) atoms. The van der Waals surface area contributed by atoms with Crippen molar-refractivity contribution in [2.24, 2.45) is 23.7 Å². The van der Waals surface area contributed by atoms with Crippen LogP contribution in [0.5, 0.6) is 0 Å². The molecule has 132 valence electrons. The highest BCUT2D eigenvalue weighted by Crippen LogP contribution is 2.62. The van der Waals surface area contributed by atoms with Crippen LogP contribution in [0.2, 0.25) is 0 Å². The van der Waals surface area contributed by atoms with Gasteiger partial charge < -0.3 is 0 Å². The molecule has 0 unspecified atom stereocenters. The lowest BCUT2D eigenvalue weighted by Gasteiger charge is -2.28. The van der Waals surface area contributed by atoms with Gasteiger partial charge in [-0.3, -0.25) is 9.59 Å². The first kappa shape index (κ1) is 15.8. The van der Waals surface area contributed by atoms with Crippen LogP contribution in [0.1, 0.15) is 35.4 Å². The first-order valence-corrected chi connectivity index (χ1v) is 9.56. The molecule has 5 rings (SSSR count). The number of hydrogen-bond donors (Lipinski definition) is 0. The summed E-state index contributed by atoms with van der Waals surface area (Å²) in [4.78, 5) is 28.0. The predicted molar refractivity (Wildman–Crippen MR) is 101 cm³/mol. The van der Waals surface area contributed by atoms with Gasteiger partial charge in [-0.2, -0.15) is 0 Å². The van der Waals surface area contributed by atoms with E-state index in [1.807, 2.05) is 38.1 Å². The first-order chi connectivity index (χ1) is 12.6. The number of imide groups is 1. The maximum Gasteiger partial charge on any atom is 0.238 e. The fourth-order valence-electron chi connectivity index (χ4n) is 5.74. The van der Waals surface area contributed by atoms with E-state index in [1.165, 1.54) is 10.5 Å². The van der Waals surface area contributed by atoms with E-state index in [0.29, 0.717) is 17.8 Å². The third-order valence-electron chi connectivity index (χ3n) is 6.85. The van der Waals surface area contributed by atoms with Crippen LogP contribution in [0.15, 0.2) is 48.5 Å². The topological polar surface area (TPSA) is 37.4 Å². The van der Waals surface area contributed by atoms with Crippen LogP contribution in [0.25, 0.3) is 0 Å². The van der Waals surface area contributed by atoms with Gasteiger partial charge in [-0.25, -0.2) is 4.90 Å². The number of hydrogen-bond acceptors (Lipinski definition) is 2. The Hall–Kier alpha value is -2.42. The lowest BCUT2D eigenvalue weighted by molar-refractivity contribution is -0.123. The average molecular weight is 345 g/mol. The van der Waals surface area contributed by atoms with E-state index >= 15 is 0 Å². The van der Waals surface area contributed by atoms with Crippen molar-refractivity contribution in [3.05, 3.63) is 65.2 Å². The summed E-state index contributed by atoms with van der Waals surface area (Å²) < 4.78 is 0. The molecule has 0 aromatic heterocycles. The number of rotatable bonds is 2. The summed E-state index contributed by atoms with van der Waals surface area (Å²) in [6.45, 7) is 3.98. The van der Waals surface area contributed by atoms with Crippen LogP contribution in [0.3, 0.4) is 0 Å². The fraction of sp³-hybridized carbons (Fsp3) is 0.391. The standard InChI is InChI=1S/C23H23NO2/c1-13-8-9-14(2)19(10-13)24-22(25)20-16-11-17(15-6-4-3-5-7-15)18(12-16)21(20)23(24)26/h3-10,16-18,20-21H,11-12H2,1-2H3/t16-,17+,18+,20+,21+/m0/s1. The van der Waals surface area contributed by atoms with E-state index in [2.05, 4.69) is 24.3 Å². The molecular formula is C23H23NO2. The van der Waals surface area contributed by atoms with Crippen molar-refractivity contribution in [1.29, 1.82) is 0 Å². The Morgan fingerprint density at radius 2 is 1.62 bits per heavy atom. The molecule has 2 bridgehead atoms. The molecule has 3 aliphatic rings. The Morgan fingerprint density at radius 1 is 0.885 bits per heavy atom. The second kappa shape index (κ2) is 5.54. The molecule has 2 amide bonds. The number of benzene rings is 2. The summed E-state index contributed by atoms with van der Waals surface area (Å²) in [6, 6.07) is 16.5. The molecule has 0 radical (unpaired) electrons. The summed E-state index contributed by atoms with van der Waals surface area (Å²) in [5, 5.41) is 0. The van der Waals surface area contributed by atoms with Crippen molar-refractivity contribution < 1.29 is 9.59 Å². The summed E-state index contributed by atoms with van der Waals surface area (Å²) in [5.41, 5.74) is 4.17. The van der Waals surface area contributed by atoms with E-state index in [4.69, 9.17) is 0 Å². The number of carbonyl (C=O) groups excluding carboxylic acids is 2. The van der Waals surface area contributed by atoms with Gasteiger partial charge >= 0.3 is 0 Å². The van der Waals surface area contributed by atoms with E-state index in [9.17, 15) is 9.59 Å². The maximum atomic E-state index is 13.3. The molecule has 1 heterocycles. The summed E-state index contributed by atoms with van der Waals surface area (Å²) in [7, 11) is 0. The van der Waals surface area contributed by atoms with Crippen LogP contribution in [-0.4, -0.2) is 11.8 Å². The zero-order valence-electron chi connectivity index (χ0n) is 15.2. The molecule has 2 aliphatic carbocycles. The number of carbonyl (C=O) groups is 2. The zero-order valence-corrected chi connectivity index (χ0v) is 15.2. The molecule has 2 saturated carbocycles. The number of amides is 2. The van der Waals surface area contributed by atoms with E-state index in [0.717, 1.165) is 29.7 Å². The number of nitrogens with zero attached hydrogens (tertiary/aromatic N) is 1. The van der Waals surface area contributed by atoms with Gasteiger partial charge in [-0.1, -0.05) is 42.5 Å². The normalized spacial score (nSPS) is 32.4. The molecule has 3 fully saturated rings. The van der Waals surface area contributed by atoms with Gasteiger partial charge in [0.25, 0.3) is 0 Å². The molecule has 1 saturated heterocycles. The van der Waals surface area contributed by atoms with Crippen molar-refractivity contribution in [3.8, 4) is 0 Å². The summed E-state index contributed by atoms with van der Waals surface area (Å²) in [5.74, 6) is 0.895. The SMILES string of the molecule is Cc1ccc(C)c(N2C(=O)[C@@H]3[C@@H]4C[C@@H]([C@H]3C2=O)[C@@H](c2ccccc2)C4)c1. The van der Waals surface area contributed by atoms with Crippen LogP contribution in [0.4, 0.5) is 5.69 Å². The van der Waals surface area contributed by atoms with Crippen LogP contribution >= 0.6 is 0 Å². The largest absolute Gasteiger partial charge is 0.274 e. The molecule has 0 spiro atoms. The Labute approximate surface area is 154 Å². The smallest absolute Gasteiger partial charge is 0.238 e. The van der Waals surface area contributed by atoms with Crippen molar-refractivity contribution in [2.75, 3.05) is 4.90 Å². The second-order valence-electron chi connectivity index (χ2n) is 8.27. The van der Waals surface area contributed by atoms with E-state index in [1.54, 1.807) is 0 Å². The molecule has 3 heteroatoms. The third-order valence-corrected chi connectivity index (χ3v) is 6.85. The molecule has 3 nitrogen and oxygen atoms in total. The van der Waals surface area contributed by atoms with Gasteiger partial charge in [0.15, 0.2) is 0 Å². The van der Waals surface area contributed by atoms with Crippen LogP contribution in [-0.2, 0) is 9.59 Å². The van der Waals surface area contributed by atoms with Crippen molar-refractivity contribution >= 4 is 17.5 Å². The predicted octanol–water partition coefficient (Wildman–Crippen LogP) is 4.23. The number of aryl methyl sites for hydroxylation is 2. The lowest BCUT2D eigenvalue weighted by atomic mass is 9.73. The molecule has 5 atom stereocenters. The molecule has 1 aliphatic heterocycles. The summed E-state index contributed by atoms with van der Waals surface area (Å²) >= 11 is 0. The minimum Gasteiger partial charge on any atom is -0.274 e. The van der Waals surface area contributed by atoms with Crippen molar-refractivity contribution in [2.45, 2.75) is 32.6 Å². The van der Waals surface area contributed by atoms with Crippen LogP contribution < -0.4 is 4.90 Å². The van der Waals surface area contributed by atoms with Gasteiger partial charge in [0.05, 0.1) is 17.5 Å². The highest BCUT2D eigenvalue weighted by molar-refractivity contribution is 6.23. The van der Waals surface area contributed by atoms with E-state index in [-0.39, 0.29) is 23.7 Å². The van der Waals surface area contributed by atoms with Crippen LogP contribution in [0, 0.1) is 37.5 Å². The van der Waals surface area contributed by atoms with Gasteiger partial charge in [-0.05, 0) is 67.2 Å². The molecule has 0 N–H and O–H groups in total. The van der Waals surface area contributed by atoms with Gasteiger partial charge in [0.2, 0.25) is 11.8 Å². The van der Waals surface area contributed by atoms with E-state index < -0.39 is 0 Å². The number of fused-ring (bicyclic) bond motifs is 5. The highest BCUT2D eigenvalue weighted by atomic mass is 16.2. The van der Waals surface area contributed by atoms with Gasteiger partial charge in [0, 0.05) is 0 Å². The fourth-order valence-corrected chi connectivity index (χ4v) is 5.74. The first-order valence-electron chi connectivity index (χ1n) is 9.56.